The molecule has 0 spiro atoms. The van der Waals surface area contributed by atoms with Crippen LogP contribution in [0.3, 0.4) is 0 Å². The van der Waals surface area contributed by atoms with Gasteiger partial charge < -0.3 is 10.4 Å². The molecule has 7 heteroatoms. The van der Waals surface area contributed by atoms with E-state index >= 15 is 0 Å². The van der Waals surface area contributed by atoms with Crippen LogP contribution in [0.1, 0.15) is 32.6 Å². The molecule has 1 aromatic rings. The number of tetrazole rings is 1. The van der Waals surface area contributed by atoms with Gasteiger partial charge >= 0.3 is 0 Å². The third kappa shape index (κ3) is 3.04. The molecule has 1 heterocycles. The molecule has 1 amide bonds. The lowest BCUT2D eigenvalue weighted by Crippen LogP contribution is -2.54. The average molecular weight is 253 g/mol. The lowest BCUT2D eigenvalue weighted by Gasteiger charge is -2.39. The fourth-order valence-corrected chi connectivity index (χ4v) is 2.69. The van der Waals surface area contributed by atoms with Crippen LogP contribution in [-0.4, -0.2) is 43.4 Å². The van der Waals surface area contributed by atoms with E-state index in [4.69, 9.17) is 0 Å². The lowest BCUT2D eigenvalue weighted by molar-refractivity contribution is -0.125. The number of carbonyl (C=O) groups is 1. The second kappa shape index (κ2) is 5.43. The van der Waals surface area contributed by atoms with E-state index in [1.165, 1.54) is 11.0 Å². The molecule has 2 rings (SSSR count). The predicted molar refractivity (Wildman–Crippen MR) is 63.4 cm³/mol. The molecule has 2 N–H and O–H groups in total. The van der Waals surface area contributed by atoms with Crippen molar-refractivity contribution in [1.82, 2.24) is 25.5 Å². The van der Waals surface area contributed by atoms with Gasteiger partial charge in [-0.05, 0) is 29.2 Å². The number of aliphatic hydroxyl groups excluding tert-OH is 1. The molecule has 0 saturated heterocycles. The zero-order chi connectivity index (χ0) is 13.0. The highest BCUT2D eigenvalue weighted by atomic mass is 16.3. The minimum atomic E-state index is -0.469. The van der Waals surface area contributed by atoms with Crippen LogP contribution in [0.5, 0.6) is 0 Å². The monoisotopic (exact) mass is 253 g/mol. The number of nitrogens with one attached hydrogen (secondary N) is 1. The average Bonchev–Trinajstić information content (AvgIpc) is 2.81. The number of nitrogens with zero attached hydrogens (tertiary/aromatic N) is 4. The molecule has 100 valence electrons. The van der Waals surface area contributed by atoms with E-state index in [1.54, 1.807) is 0 Å². The highest BCUT2D eigenvalue weighted by molar-refractivity contribution is 5.76. The van der Waals surface area contributed by atoms with Gasteiger partial charge in [-0.3, -0.25) is 4.79 Å². The summed E-state index contributed by atoms with van der Waals surface area (Å²) in [5, 5.41) is 23.1. The molecule has 1 aliphatic carbocycles. The van der Waals surface area contributed by atoms with Crippen LogP contribution in [0.2, 0.25) is 0 Å². The standard InChI is InChI=1S/C11H19N5O2/c1-9-3-2-4-11(5-9,7-17)13-10(18)6-16-8-12-14-15-16/h8-9,17H,2-7H2,1H3,(H,13,18). The number of rotatable bonds is 4. The highest BCUT2D eigenvalue weighted by Gasteiger charge is 2.35. The number of hydrogen-bond acceptors (Lipinski definition) is 5. The zero-order valence-electron chi connectivity index (χ0n) is 10.5. The Labute approximate surface area is 106 Å². The first-order valence-corrected chi connectivity index (χ1v) is 6.26. The molecule has 7 nitrogen and oxygen atoms in total. The molecule has 1 fully saturated rings. The zero-order valence-corrected chi connectivity index (χ0v) is 10.5. The van der Waals surface area contributed by atoms with Crippen molar-refractivity contribution in [3.63, 3.8) is 0 Å². The minimum absolute atomic E-state index is 0.0152. The Kier molecular flexibility index (Phi) is 3.90. The molecular weight excluding hydrogens is 234 g/mol. The van der Waals surface area contributed by atoms with Crippen LogP contribution in [0.4, 0.5) is 0 Å². The number of aliphatic hydroxyl groups is 1. The normalized spacial score (nSPS) is 28.0. The fraction of sp³-hybridized carbons (Fsp3) is 0.818. The Hall–Kier alpha value is -1.50. The lowest BCUT2D eigenvalue weighted by atomic mass is 9.77. The molecule has 1 aromatic heterocycles. The summed E-state index contributed by atoms with van der Waals surface area (Å²) in [7, 11) is 0. The SMILES string of the molecule is CC1CCCC(CO)(NC(=O)Cn2cnnn2)C1. The number of aromatic nitrogens is 4. The molecule has 18 heavy (non-hydrogen) atoms. The smallest absolute Gasteiger partial charge is 0.242 e. The van der Waals surface area contributed by atoms with Gasteiger partial charge in [0.1, 0.15) is 12.9 Å². The third-order valence-corrected chi connectivity index (χ3v) is 3.50. The molecule has 0 aromatic carbocycles. The molecule has 1 aliphatic rings. The second-order valence-corrected chi connectivity index (χ2v) is 5.20. The van der Waals surface area contributed by atoms with Crippen molar-refractivity contribution >= 4 is 5.91 Å². The second-order valence-electron chi connectivity index (χ2n) is 5.20. The third-order valence-electron chi connectivity index (χ3n) is 3.50. The maximum atomic E-state index is 11.9. The van der Waals surface area contributed by atoms with E-state index in [-0.39, 0.29) is 19.1 Å². The number of hydrogen-bond donors (Lipinski definition) is 2. The van der Waals surface area contributed by atoms with E-state index in [0.717, 1.165) is 25.7 Å². The van der Waals surface area contributed by atoms with E-state index in [2.05, 4.69) is 27.8 Å². The van der Waals surface area contributed by atoms with E-state index in [1.807, 2.05) is 0 Å². The van der Waals surface area contributed by atoms with Crippen molar-refractivity contribution in [3.05, 3.63) is 6.33 Å². The van der Waals surface area contributed by atoms with Crippen LogP contribution in [0.25, 0.3) is 0 Å². The van der Waals surface area contributed by atoms with Crippen LogP contribution in [0.15, 0.2) is 6.33 Å². The van der Waals surface area contributed by atoms with Gasteiger partial charge in [0, 0.05) is 0 Å². The van der Waals surface area contributed by atoms with Gasteiger partial charge in [0.2, 0.25) is 5.91 Å². The molecule has 2 unspecified atom stereocenters. The fourth-order valence-electron chi connectivity index (χ4n) is 2.69. The van der Waals surface area contributed by atoms with Gasteiger partial charge in [0.15, 0.2) is 0 Å². The van der Waals surface area contributed by atoms with Crippen LogP contribution < -0.4 is 5.32 Å². The van der Waals surface area contributed by atoms with E-state index < -0.39 is 5.54 Å². The molecule has 0 aliphatic heterocycles. The Morgan fingerprint density at radius 2 is 2.50 bits per heavy atom. The molecule has 1 saturated carbocycles. The van der Waals surface area contributed by atoms with Gasteiger partial charge in [-0.1, -0.05) is 19.8 Å². The first kappa shape index (κ1) is 12.9. The maximum Gasteiger partial charge on any atom is 0.242 e. The Bertz CT molecular complexity index is 394. The summed E-state index contributed by atoms with van der Waals surface area (Å²) in [5.41, 5.74) is -0.469. The van der Waals surface area contributed by atoms with Crippen molar-refractivity contribution in [2.24, 2.45) is 5.92 Å². The molecular formula is C11H19N5O2. The summed E-state index contributed by atoms with van der Waals surface area (Å²) in [6, 6.07) is 0. The summed E-state index contributed by atoms with van der Waals surface area (Å²) >= 11 is 0. The van der Waals surface area contributed by atoms with Gasteiger partial charge in [0.05, 0.1) is 12.1 Å². The predicted octanol–water partition coefficient (Wildman–Crippen LogP) is -0.270. The number of carbonyl (C=O) groups excluding carboxylic acids is 1. The summed E-state index contributed by atoms with van der Waals surface area (Å²) in [4.78, 5) is 11.9. The summed E-state index contributed by atoms with van der Waals surface area (Å²) in [6.07, 6.45) is 5.24. The Balaban J connectivity index is 1.95. The maximum absolute atomic E-state index is 11.9. The van der Waals surface area contributed by atoms with Crippen molar-refractivity contribution < 1.29 is 9.90 Å². The summed E-state index contributed by atoms with van der Waals surface area (Å²) < 4.78 is 1.37. The van der Waals surface area contributed by atoms with Crippen molar-refractivity contribution in [2.45, 2.75) is 44.7 Å². The molecule has 0 bridgehead atoms. The summed E-state index contributed by atoms with van der Waals surface area (Å²) in [5.74, 6) is 0.365. The number of amides is 1. The largest absolute Gasteiger partial charge is 0.394 e. The molecule has 2 atom stereocenters. The first-order valence-electron chi connectivity index (χ1n) is 6.26. The van der Waals surface area contributed by atoms with Crippen molar-refractivity contribution in [2.75, 3.05) is 6.61 Å². The minimum Gasteiger partial charge on any atom is -0.394 e. The van der Waals surface area contributed by atoms with Gasteiger partial charge in [-0.2, -0.15) is 0 Å². The van der Waals surface area contributed by atoms with Crippen LogP contribution >= 0.6 is 0 Å². The quantitative estimate of drug-likeness (QED) is 0.770. The van der Waals surface area contributed by atoms with E-state index in [0.29, 0.717) is 5.92 Å². The topological polar surface area (TPSA) is 92.9 Å². The van der Waals surface area contributed by atoms with Crippen LogP contribution in [0, 0.1) is 5.92 Å². The van der Waals surface area contributed by atoms with E-state index in [9.17, 15) is 9.90 Å². The Morgan fingerprint density at radius 3 is 3.11 bits per heavy atom. The van der Waals surface area contributed by atoms with Gasteiger partial charge in [0.25, 0.3) is 0 Å². The Morgan fingerprint density at radius 1 is 1.67 bits per heavy atom. The molecule has 0 radical (unpaired) electrons. The first-order chi connectivity index (χ1) is 8.63. The van der Waals surface area contributed by atoms with Crippen molar-refractivity contribution in [3.8, 4) is 0 Å². The van der Waals surface area contributed by atoms with Gasteiger partial charge in [-0.15, -0.1) is 5.10 Å². The summed E-state index contributed by atoms with van der Waals surface area (Å²) in [6.45, 7) is 2.22. The van der Waals surface area contributed by atoms with Gasteiger partial charge in [-0.25, -0.2) is 4.68 Å². The van der Waals surface area contributed by atoms with Crippen molar-refractivity contribution in [1.29, 1.82) is 0 Å². The highest BCUT2D eigenvalue weighted by Crippen LogP contribution is 2.31. The van der Waals surface area contributed by atoms with Crippen LogP contribution in [-0.2, 0) is 11.3 Å².